The highest BCUT2D eigenvalue weighted by atomic mass is 31.2. The van der Waals surface area contributed by atoms with Crippen LogP contribution in [0.4, 0.5) is 0 Å². The molecule has 0 aromatic rings. The Morgan fingerprint density at radius 1 is 1.07 bits per heavy atom. The van der Waals surface area contributed by atoms with E-state index in [2.05, 4.69) is 9.05 Å². The van der Waals surface area contributed by atoms with Crippen molar-refractivity contribution in [3.05, 3.63) is 0 Å². The van der Waals surface area contributed by atoms with Gasteiger partial charge in [0.15, 0.2) is 6.35 Å². The summed E-state index contributed by atoms with van der Waals surface area (Å²) in [5.41, 5.74) is 0. The van der Waals surface area contributed by atoms with Gasteiger partial charge >= 0.3 is 15.4 Å². The first-order chi connectivity index (χ1) is 4.77. The van der Waals surface area contributed by atoms with Gasteiger partial charge in [-0.25, -0.2) is 4.57 Å². The van der Waals surface area contributed by atoms with Crippen LogP contribution in [-0.2, 0) is 18.2 Å². The van der Waals surface area contributed by atoms with Crippen LogP contribution < -0.4 is 0 Å². The van der Waals surface area contributed by atoms with Gasteiger partial charge in [0.2, 0.25) is 0 Å². The summed E-state index contributed by atoms with van der Waals surface area (Å²) in [7, 11) is -7.74. The molecule has 3 N–H and O–H groups in total. The zero-order chi connectivity index (χ0) is 9.12. The van der Waals surface area contributed by atoms with Crippen LogP contribution in [0.3, 0.4) is 0 Å². The molecule has 0 aliphatic carbocycles. The molecule has 0 aromatic heterocycles. The molecule has 1 unspecified atom stereocenters. The first kappa shape index (κ1) is 23.8. The third-order valence-electron chi connectivity index (χ3n) is 0.674. The van der Waals surface area contributed by atoms with E-state index in [4.69, 9.17) is 14.7 Å². The molecule has 0 fully saturated rings. The molecule has 0 rings (SSSR count). The van der Waals surface area contributed by atoms with Gasteiger partial charge in [0.25, 0.3) is 0 Å². The lowest BCUT2D eigenvalue weighted by atomic mass is 11.7. The van der Waals surface area contributed by atoms with E-state index in [9.17, 15) is 9.13 Å². The van der Waals surface area contributed by atoms with Crippen LogP contribution in [0.15, 0.2) is 0 Å². The Labute approximate surface area is 84.8 Å². The van der Waals surface area contributed by atoms with Gasteiger partial charge in [-0.1, -0.05) is 22.3 Å². The highest BCUT2D eigenvalue weighted by molar-refractivity contribution is 7.53. The molecule has 0 bridgehead atoms. The SMILES string of the molecule is C.C.C.COP(=O)(O)COP(=O)(O)O. The topological polar surface area (TPSA) is 113 Å². The molecule has 14 heavy (non-hydrogen) atoms. The average molecular weight is 254 g/mol. The second kappa shape index (κ2) is 8.56. The standard InChI is InChI=1S/C2H8O7P2.3CH4/c1-8-10(3,4)2-9-11(5,6)7;;;/h2H2,1H3,(H,3,4)(H2,5,6,7);3*1H4. The molecule has 0 saturated heterocycles. The first-order valence-corrected chi connectivity index (χ1v) is 5.64. The lowest BCUT2D eigenvalue weighted by Crippen LogP contribution is -1.95. The fourth-order valence-corrected chi connectivity index (χ4v) is 1.49. The van der Waals surface area contributed by atoms with Crippen LogP contribution >= 0.6 is 15.4 Å². The number of rotatable bonds is 4. The van der Waals surface area contributed by atoms with Crippen LogP contribution in [-0.4, -0.2) is 28.1 Å². The third-order valence-corrected chi connectivity index (χ3v) is 2.37. The molecule has 0 radical (unpaired) electrons. The van der Waals surface area contributed by atoms with Crippen molar-refractivity contribution in [2.75, 3.05) is 13.5 Å². The predicted octanol–water partition coefficient (Wildman–Crippen LogP) is 1.79. The van der Waals surface area contributed by atoms with Gasteiger partial charge in [-0.2, -0.15) is 0 Å². The summed E-state index contributed by atoms with van der Waals surface area (Å²) in [6.07, 6.45) is -1.02. The van der Waals surface area contributed by atoms with E-state index < -0.39 is 21.8 Å². The zero-order valence-electron chi connectivity index (χ0n) is 5.58. The van der Waals surface area contributed by atoms with Crippen molar-refractivity contribution in [2.45, 2.75) is 22.3 Å². The Morgan fingerprint density at radius 2 is 1.43 bits per heavy atom. The largest absolute Gasteiger partial charge is 0.470 e. The molecular formula is C5H20O7P2. The summed E-state index contributed by atoms with van der Waals surface area (Å²) in [5.74, 6) is 0. The average Bonchev–Trinajstić information content (AvgIpc) is 1.83. The lowest BCUT2D eigenvalue weighted by Gasteiger charge is -2.09. The van der Waals surface area contributed by atoms with Crippen molar-refractivity contribution in [3.63, 3.8) is 0 Å². The lowest BCUT2D eigenvalue weighted by molar-refractivity contribution is 0.201. The second-order valence-corrected chi connectivity index (χ2v) is 4.71. The summed E-state index contributed by atoms with van der Waals surface area (Å²) in [6, 6.07) is 0. The Morgan fingerprint density at radius 3 is 1.64 bits per heavy atom. The summed E-state index contributed by atoms with van der Waals surface area (Å²) in [5, 5.41) is 0. The molecule has 92 valence electrons. The minimum atomic E-state index is -4.69. The van der Waals surface area contributed by atoms with Gasteiger partial charge in [0.1, 0.15) is 0 Å². The van der Waals surface area contributed by atoms with Crippen molar-refractivity contribution in [2.24, 2.45) is 0 Å². The molecular weight excluding hydrogens is 234 g/mol. The molecule has 9 heteroatoms. The molecule has 1 atom stereocenters. The monoisotopic (exact) mass is 254 g/mol. The van der Waals surface area contributed by atoms with E-state index in [1.807, 2.05) is 0 Å². The van der Waals surface area contributed by atoms with E-state index in [-0.39, 0.29) is 22.3 Å². The number of phosphoric ester groups is 1. The third kappa shape index (κ3) is 14.8. The molecule has 7 nitrogen and oxygen atoms in total. The van der Waals surface area contributed by atoms with Crippen molar-refractivity contribution in [1.82, 2.24) is 0 Å². The minimum absolute atomic E-state index is 0. The molecule has 0 aliphatic rings. The van der Waals surface area contributed by atoms with E-state index in [0.29, 0.717) is 0 Å². The maximum Gasteiger partial charge on any atom is 0.470 e. The Kier molecular flexibility index (Phi) is 14.6. The maximum atomic E-state index is 10.5. The Bertz CT molecular complexity index is 210. The number of hydrogen-bond donors (Lipinski definition) is 3. The maximum absolute atomic E-state index is 10.5. The Balaban J connectivity index is -0.000000167. The Hall–Kier alpha value is 0.260. The van der Waals surface area contributed by atoms with Gasteiger partial charge in [-0.3, -0.25) is 9.09 Å². The molecule has 0 saturated carbocycles. The van der Waals surface area contributed by atoms with Crippen molar-refractivity contribution in [3.8, 4) is 0 Å². The van der Waals surface area contributed by atoms with Crippen molar-refractivity contribution < 1.29 is 32.9 Å². The van der Waals surface area contributed by atoms with Crippen LogP contribution in [0.2, 0.25) is 0 Å². The summed E-state index contributed by atoms with van der Waals surface area (Å²) >= 11 is 0. The molecule has 0 aliphatic heterocycles. The van der Waals surface area contributed by atoms with Crippen LogP contribution in [0.25, 0.3) is 0 Å². The highest BCUT2D eigenvalue weighted by Gasteiger charge is 2.24. The number of phosphoric acid groups is 1. The van der Waals surface area contributed by atoms with E-state index in [1.54, 1.807) is 0 Å². The van der Waals surface area contributed by atoms with Crippen LogP contribution in [0.1, 0.15) is 22.3 Å². The molecule has 0 amide bonds. The van der Waals surface area contributed by atoms with E-state index >= 15 is 0 Å². The molecule has 0 aromatic carbocycles. The van der Waals surface area contributed by atoms with Gasteiger partial charge in [0.05, 0.1) is 0 Å². The smallest absolute Gasteiger partial charge is 0.323 e. The van der Waals surface area contributed by atoms with Crippen LogP contribution in [0.5, 0.6) is 0 Å². The van der Waals surface area contributed by atoms with Crippen molar-refractivity contribution in [1.29, 1.82) is 0 Å². The minimum Gasteiger partial charge on any atom is -0.323 e. The van der Waals surface area contributed by atoms with Crippen LogP contribution in [0, 0.1) is 0 Å². The zero-order valence-corrected chi connectivity index (χ0v) is 7.37. The van der Waals surface area contributed by atoms with Gasteiger partial charge in [-0.15, -0.1) is 0 Å². The van der Waals surface area contributed by atoms with E-state index in [1.165, 1.54) is 0 Å². The van der Waals surface area contributed by atoms with Gasteiger partial charge in [0, 0.05) is 7.11 Å². The number of hydrogen-bond acceptors (Lipinski definition) is 4. The summed E-state index contributed by atoms with van der Waals surface area (Å²) < 4.78 is 28.2. The fraction of sp³-hybridized carbons (Fsp3) is 1.00. The summed E-state index contributed by atoms with van der Waals surface area (Å²) in [4.78, 5) is 24.7. The fourth-order valence-electron chi connectivity index (χ4n) is 0.201. The molecule has 0 spiro atoms. The van der Waals surface area contributed by atoms with Gasteiger partial charge in [-0.05, 0) is 0 Å². The normalized spacial score (nSPS) is 14.0. The van der Waals surface area contributed by atoms with E-state index in [0.717, 1.165) is 7.11 Å². The predicted molar refractivity (Wildman–Crippen MR) is 55.0 cm³/mol. The highest BCUT2D eigenvalue weighted by Crippen LogP contribution is 2.47. The first-order valence-electron chi connectivity index (χ1n) is 2.34. The van der Waals surface area contributed by atoms with Crippen molar-refractivity contribution >= 4 is 15.4 Å². The van der Waals surface area contributed by atoms with Gasteiger partial charge < -0.3 is 19.2 Å². The quantitative estimate of drug-likeness (QED) is 0.655. The second-order valence-electron chi connectivity index (χ2n) is 1.57. The summed E-state index contributed by atoms with van der Waals surface area (Å²) in [6.45, 7) is 0. The molecule has 0 heterocycles.